The Morgan fingerprint density at radius 1 is 1.62 bits per heavy atom. The summed E-state index contributed by atoms with van der Waals surface area (Å²) in [6.45, 7) is 0. The second kappa shape index (κ2) is 5.96. The number of rotatable bonds is 2. The van der Waals surface area contributed by atoms with Gasteiger partial charge in [0.15, 0.2) is 17.8 Å². The van der Waals surface area contributed by atoms with Crippen LogP contribution >= 0.6 is 0 Å². The molecule has 0 saturated carbocycles. The molecule has 0 amide bonds. The second-order valence-corrected chi connectivity index (χ2v) is 1.86. The molecule has 0 spiro atoms. The molecule has 72 valence electrons. The Bertz CT molecular complexity index is 276. The van der Waals surface area contributed by atoms with Crippen LogP contribution in [0.4, 0.5) is 0 Å². The first-order valence-electron chi connectivity index (χ1n) is 3.54. The zero-order valence-electron chi connectivity index (χ0n) is 7.52. The number of aromatic hydroxyl groups is 1. The topological polar surface area (TPSA) is 85.4 Å². The Labute approximate surface area is 76.2 Å². The van der Waals surface area contributed by atoms with E-state index in [0.29, 0.717) is 6.29 Å². The van der Waals surface area contributed by atoms with E-state index in [1.54, 1.807) is 0 Å². The average Bonchev–Trinajstić information content (AvgIpc) is 2.21. The fourth-order valence-electron chi connectivity index (χ4n) is 0.703. The largest absolute Gasteiger partial charge is 0.503 e. The van der Waals surface area contributed by atoms with Crippen molar-refractivity contribution < 1.29 is 14.6 Å². The van der Waals surface area contributed by atoms with Gasteiger partial charge in [0.25, 0.3) is 0 Å². The zero-order chi connectivity index (χ0) is 10.3. The number of ether oxygens (including phenoxy) is 1. The van der Waals surface area contributed by atoms with Crippen molar-refractivity contribution in [2.24, 2.45) is 5.73 Å². The van der Waals surface area contributed by atoms with Crippen molar-refractivity contribution in [1.82, 2.24) is 4.98 Å². The van der Waals surface area contributed by atoms with Crippen molar-refractivity contribution in [3.8, 4) is 11.5 Å². The number of hydrogen-bond donors (Lipinski definition) is 2. The van der Waals surface area contributed by atoms with Gasteiger partial charge in [-0.1, -0.05) is 0 Å². The molecule has 13 heavy (non-hydrogen) atoms. The Morgan fingerprint density at radius 3 is 2.69 bits per heavy atom. The summed E-state index contributed by atoms with van der Waals surface area (Å²) >= 11 is 0. The van der Waals surface area contributed by atoms with E-state index in [9.17, 15) is 9.90 Å². The van der Waals surface area contributed by atoms with Crippen molar-refractivity contribution in [3.63, 3.8) is 0 Å². The van der Waals surface area contributed by atoms with E-state index in [0.717, 1.165) is 0 Å². The smallest absolute Gasteiger partial charge is 0.187 e. The number of carbonyl (C=O) groups excluding carboxylic acids is 1. The lowest BCUT2D eigenvalue weighted by atomic mass is 10.3. The van der Waals surface area contributed by atoms with Crippen LogP contribution in [-0.2, 0) is 0 Å². The third-order valence-electron chi connectivity index (χ3n) is 1.25. The predicted molar refractivity (Wildman–Crippen MR) is 48.0 cm³/mol. The summed E-state index contributed by atoms with van der Waals surface area (Å²) in [4.78, 5) is 13.8. The first kappa shape index (κ1) is 11.4. The maximum absolute atomic E-state index is 10.2. The third-order valence-corrected chi connectivity index (χ3v) is 1.25. The van der Waals surface area contributed by atoms with E-state index in [1.165, 1.54) is 26.4 Å². The molecule has 0 radical (unpaired) electrons. The van der Waals surface area contributed by atoms with Crippen molar-refractivity contribution >= 4 is 6.29 Å². The lowest BCUT2D eigenvalue weighted by Crippen LogP contribution is -1.90. The highest BCUT2D eigenvalue weighted by atomic mass is 16.5. The SMILES string of the molecule is CN.COc1ccnc(C=O)c1O. The van der Waals surface area contributed by atoms with E-state index >= 15 is 0 Å². The van der Waals surface area contributed by atoms with Crippen LogP contribution in [0.1, 0.15) is 10.5 Å². The van der Waals surface area contributed by atoms with Crippen molar-refractivity contribution in [2.75, 3.05) is 14.2 Å². The molecule has 0 bridgehead atoms. The Kier molecular flexibility index (Phi) is 5.22. The quantitative estimate of drug-likeness (QED) is 0.640. The number of nitrogens with two attached hydrogens (primary N) is 1. The van der Waals surface area contributed by atoms with Crippen LogP contribution in [0.2, 0.25) is 0 Å². The summed E-state index contributed by atoms with van der Waals surface area (Å²) < 4.78 is 4.74. The van der Waals surface area contributed by atoms with Gasteiger partial charge in [-0.15, -0.1) is 0 Å². The van der Waals surface area contributed by atoms with E-state index < -0.39 is 0 Å². The first-order valence-corrected chi connectivity index (χ1v) is 3.54. The predicted octanol–water partition coefficient (Wildman–Crippen LogP) is 0.183. The molecule has 3 N–H and O–H groups in total. The fraction of sp³-hybridized carbons (Fsp3) is 0.250. The highest BCUT2D eigenvalue weighted by molar-refractivity contribution is 5.77. The van der Waals surface area contributed by atoms with Gasteiger partial charge in [0, 0.05) is 12.3 Å². The van der Waals surface area contributed by atoms with Crippen LogP contribution in [0.15, 0.2) is 12.3 Å². The number of aldehydes is 1. The van der Waals surface area contributed by atoms with Crippen LogP contribution in [0, 0.1) is 0 Å². The number of hydrogen-bond acceptors (Lipinski definition) is 5. The second-order valence-electron chi connectivity index (χ2n) is 1.86. The number of pyridine rings is 1. The standard InChI is InChI=1S/C7H7NO3.CH5N/c1-11-6-2-3-8-5(4-9)7(6)10;1-2/h2-4,10H,1H3;2H2,1H3. The Balaban J connectivity index is 0.000000671. The molecule has 5 nitrogen and oxygen atoms in total. The van der Waals surface area contributed by atoms with E-state index in [-0.39, 0.29) is 17.2 Å². The van der Waals surface area contributed by atoms with Gasteiger partial charge < -0.3 is 15.6 Å². The zero-order valence-corrected chi connectivity index (χ0v) is 7.52. The first-order chi connectivity index (χ1) is 6.29. The maximum Gasteiger partial charge on any atom is 0.187 e. The normalized spacial score (nSPS) is 8.23. The van der Waals surface area contributed by atoms with Gasteiger partial charge in [0.1, 0.15) is 5.69 Å². The highest BCUT2D eigenvalue weighted by Gasteiger charge is 2.06. The summed E-state index contributed by atoms with van der Waals surface area (Å²) in [7, 11) is 2.91. The fourth-order valence-corrected chi connectivity index (χ4v) is 0.703. The molecule has 0 saturated heterocycles. The molecule has 0 aromatic carbocycles. The summed E-state index contributed by atoms with van der Waals surface area (Å²) in [5, 5.41) is 9.17. The molecule has 0 fully saturated rings. The molecule has 0 aliphatic heterocycles. The summed E-state index contributed by atoms with van der Waals surface area (Å²) in [6, 6.07) is 1.47. The molecule has 1 heterocycles. The Morgan fingerprint density at radius 2 is 2.23 bits per heavy atom. The molecule has 1 aromatic heterocycles. The molecule has 0 aliphatic rings. The minimum atomic E-state index is -0.218. The monoisotopic (exact) mass is 184 g/mol. The molecule has 1 rings (SSSR count). The number of aromatic nitrogens is 1. The lowest BCUT2D eigenvalue weighted by Gasteiger charge is -2.02. The minimum absolute atomic E-state index is 0.00986. The number of nitrogens with zero attached hydrogens (tertiary/aromatic N) is 1. The van der Waals surface area contributed by atoms with Crippen LogP contribution in [0.3, 0.4) is 0 Å². The molecule has 0 atom stereocenters. The van der Waals surface area contributed by atoms with E-state index in [4.69, 9.17) is 4.74 Å². The molecule has 0 aliphatic carbocycles. The highest BCUT2D eigenvalue weighted by Crippen LogP contribution is 2.25. The summed E-state index contributed by atoms with van der Waals surface area (Å²) in [5.41, 5.74) is 4.49. The van der Waals surface area contributed by atoms with Crippen LogP contribution in [-0.4, -0.2) is 30.5 Å². The Hall–Kier alpha value is -1.62. The third kappa shape index (κ3) is 2.72. The number of carbonyl (C=O) groups is 1. The van der Waals surface area contributed by atoms with Crippen LogP contribution < -0.4 is 10.5 Å². The van der Waals surface area contributed by atoms with Gasteiger partial charge in [-0.25, -0.2) is 4.98 Å². The van der Waals surface area contributed by atoms with Gasteiger partial charge in [0.05, 0.1) is 7.11 Å². The van der Waals surface area contributed by atoms with Gasteiger partial charge in [-0.2, -0.15) is 0 Å². The van der Waals surface area contributed by atoms with Gasteiger partial charge >= 0.3 is 0 Å². The molecular weight excluding hydrogens is 172 g/mol. The van der Waals surface area contributed by atoms with Crippen molar-refractivity contribution in [2.45, 2.75) is 0 Å². The van der Waals surface area contributed by atoms with Crippen molar-refractivity contribution in [1.29, 1.82) is 0 Å². The number of methoxy groups -OCH3 is 1. The molecular formula is C8H12N2O3. The minimum Gasteiger partial charge on any atom is -0.503 e. The van der Waals surface area contributed by atoms with Gasteiger partial charge in [0.2, 0.25) is 0 Å². The molecule has 5 heteroatoms. The lowest BCUT2D eigenvalue weighted by molar-refractivity contribution is 0.111. The van der Waals surface area contributed by atoms with Crippen LogP contribution in [0.5, 0.6) is 11.5 Å². The maximum atomic E-state index is 10.2. The van der Waals surface area contributed by atoms with Gasteiger partial charge in [-0.05, 0) is 7.05 Å². The van der Waals surface area contributed by atoms with E-state index in [2.05, 4.69) is 10.7 Å². The van der Waals surface area contributed by atoms with E-state index in [1.807, 2.05) is 0 Å². The summed E-state index contributed by atoms with van der Waals surface area (Å²) in [5.74, 6) is 0.0344. The molecule has 0 unspecified atom stereocenters. The van der Waals surface area contributed by atoms with Crippen molar-refractivity contribution in [3.05, 3.63) is 18.0 Å². The average molecular weight is 184 g/mol. The summed E-state index contributed by atoms with van der Waals surface area (Å²) in [6.07, 6.45) is 1.86. The van der Waals surface area contributed by atoms with Gasteiger partial charge in [-0.3, -0.25) is 4.79 Å². The van der Waals surface area contributed by atoms with Crippen LogP contribution in [0.25, 0.3) is 0 Å². The molecule has 1 aromatic rings.